The second-order valence-corrected chi connectivity index (χ2v) is 9.15. The Morgan fingerprint density at radius 2 is 1.89 bits per heavy atom. The standard InChI is InChI=1S/C22H23ClN2O2S/c1-22(2,3)20(18-9-6-12-28-18)24-21(27)16-10-11-19(26)25(14-16)13-15-7-4-5-8-17(15)23/h4-12,14,20H,13H2,1-3H3,(H,24,27). The van der Waals surface area contributed by atoms with Crippen molar-refractivity contribution in [2.45, 2.75) is 33.4 Å². The molecule has 0 bridgehead atoms. The zero-order valence-corrected chi connectivity index (χ0v) is 17.7. The molecule has 146 valence electrons. The van der Waals surface area contributed by atoms with Gasteiger partial charge in [0, 0.05) is 22.2 Å². The molecular weight excluding hydrogens is 392 g/mol. The molecule has 0 saturated carbocycles. The van der Waals surface area contributed by atoms with E-state index >= 15 is 0 Å². The zero-order valence-electron chi connectivity index (χ0n) is 16.1. The van der Waals surface area contributed by atoms with Crippen LogP contribution in [0.15, 0.2) is 64.9 Å². The summed E-state index contributed by atoms with van der Waals surface area (Å²) in [6.07, 6.45) is 1.59. The van der Waals surface area contributed by atoms with Crippen LogP contribution in [-0.4, -0.2) is 10.5 Å². The Bertz CT molecular complexity index is 1020. The molecule has 0 spiro atoms. The van der Waals surface area contributed by atoms with Gasteiger partial charge in [0.15, 0.2) is 0 Å². The predicted molar refractivity (Wildman–Crippen MR) is 115 cm³/mol. The third-order valence-corrected chi connectivity index (χ3v) is 5.82. The smallest absolute Gasteiger partial charge is 0.253 e. The van der Waals surface area contributed by atoms with Crippen molar-refractivity contribution in [1.82, 2.24) is 9.88 Å². The molecule has 4 nitrogen and oxygen atoms in total. The van der Waals surface area contributed by atoms with E-state index in [1.807, 2.05) is 35.7 Å². The number of thiophene rings is 1. The normalized spacial score (nSPS) is 12.6. The van der Waals surface area contributed by atoms with Crippen LogP contribution in [-0.2, 0) is 6.54 Å². The van der Waals surface area contributed by atoms with Gasteiger partial charge in [-0.1, -0.05) is 56.6 Å². The van der Waals surface area contributed by atoms with Crippen LogP contribution in [0.5, 0.6) is 0 Å². The highest BCUT2D eigenvalue weighted by Crippen LogP contribution is 2.35. The second kappa shape index (κ2) is 8.33. The van der Waals surface area contributed by atoms with Crippen LogP contribution in [0.3, 0.4) is 0 Å². The topological polar surface area (TPSA) is 51.1 Å². The van der Waals surface area contributed by atoms with Crippen molar-refractivity contribution in [1.29, 1.82) is 0 Å². The summed E-state index contributed by atoms with van der Waals surface area (Å²) in [5.41, 5.74) is 0.946. The number of benzene rings is 1. The number of aromatic nitrogens is 1. The van der Waals surface area contributed by atoms with Crippen molar-refractivity contribution >= 4 is 28.8 Å². The first-order valence-electron chi connectivity index (χ1n) is 9.04. The minimum atomic E-state index is -0.207. The maximum absolute atomic E-state index is 12.9. The highest BCUT2D eigenvalue weighted by atomic mass is 35.5. The Balaban J connectivity index is 1.86. The molecule has 1 N–H and O–H groups in total. The predicted octanol–water partition coefficient (Wildman–Crippen LogP) is 5.13. The number of amides is 1. The van der Waals surface area contributed by atoms with Gasteiger partial charge >= 0.3 is 0 Å². The number of carbonyl (C=O) groups excluding carboxylic acids is 1. The van der Waals surface area contributed by atoms with E-state index in [-0.39, 0.29) is 22.9 Å². The minimum absolute atomic E-state index is 0.121. The van der Waals surface area contributed by atoms with Crippen LogP contribution >= 0.6 is 22.9 Å². The lowest BCUT2D eigenvalue weighted by Crippen LogP contribution is -2.36. The number of nitrogens with zero attached hydrogens (tertiary/aromatic N) is 1. The van der Waals surface area contributed by atoms with Crippen LogP contribution in [0.2, 0.25) is 5.02 Å². The molecule has 0 aliphatic heterocycles. The Hall–Kier alpha value is -2.37. The summed E-state index contributed by atoms with van der Waals surface area (Å²) in [4.78, 5) is 26.3. The van der Waals surface area contributed by atoms with Gasteiger partial charge in [-0.2, -0.15) is 0 Å². The lowest BCUT2D eigenvalue weighted by Gasteiger charge is -2.30. The van der Waals surface area contributed by atoms with E-state index in [2.05, 4.69) is 26.1 Å². The molecule has 0 aliphatic carbocycles. The lowest BCUT2D eigenvalue weighted by molar-refractivity contribution is 0.0902. The highest BCUT2D eigenvalue weighted by molar-refractivity contribution is 7.10. The summed E-state index contributed by atoms with van der Waals surface area (Å²) in [5.74, 6) is -0.207. The van der Waals surface area contributed by atoms with Crippen LogP contribution in [0.4, 0.5) is 0 Å². The number of hydrogen-bond acceptors (Lipinski definition) is 3. The number of hydrogen-bond donors (Lipinski definition) is 1. The fourth-order valence-corrected chi connectivity index (χ4v) is 4.20. The molecule has 0 saturated heterocycles. The van der Waals surface area contributed by atoms with Crippen LogP contribution in [0.1, 0.15) is 47.6 Å². The molecule has 1 unspecified atom stereocenters. The third-order valence-electron chi connectivity index (χ3n) is 4.51. The van der Waals surface area contributed by atoms with E-state index in [0.717, 1.165) is 10.4 Å². The Morgan fingerprint density at radius 1 is 1.14 bits per heavy atom. The molecule has 3 rings (SSSR count). The first-order valence-corrected chi connectivity index (χ1v) is 10.3. The van der Waals surface area contributed by atoms with Crippen molar-refractivity contribution in [2.75, 3.05) is 0 Å². The van der Waals surface area contributed by atoms with E-state index in [1.165, 1.54) is 10.6 Å². The second-order valence-electron chi connectivity index (χ2n) is 7.76. The van der Waals surface area contributed by atoms with E-state index in [4.69, 9.17) is 11.6 Å². The van der Waals surface area contributed by atoms with Crippen molar-refractivity contribution in [3.05, 3.63) is 91.5 Å². The van der Waals surface area contributed by atoms with Gasteiger partial charge < -0.3 is 9.88 Å². The quantitative estimate of drug-likeness (QED) is 0.629. The molecular formula is C22H23ClN2O2S. The molecule has 0 fully saturated rings. The average molecular weight is 415 g/mol. The van der Waals surface area contributed by atoms with Gasteiger partial charge in [-0.3, -0.25) is 9.59 Å². The van der Waals surface area contributed by atoms with Gasteiger partial charge in [-0.25, -0.2) is 0 Å². The Labute approximate surface area is 173 Å². The minimum Gasteiger partial charge on any atom is -0.344 e. The van der Waals surface area contributed by atoms with Gasteiger partial charge in [0.2, 0.25) is 0 Å². The zero-order chi connectivity index (χ0) is 20.3. The summed E-state index contributed by atoms with van der Waals surface area (Å²) >= 11 is 7.83. The Kier molecular flexibility index (Phi) is 6.06. The van der Waals surface area contributed by atoms with Gasteiger partial charge in [0.05, 0.1) is 18.2 Å². The molecule has 0 radical (unpaired) electrons. The van der Waals surface area contributed by atoms with Crippen LogP contribution < -0.4 is 10.9 Å². The first kappa shape index (κ1) is 20.4. The SMILES string of the molecule is CC(C)(C)C(NC(=O)c1ccc(=O)n(Cc2ccccc2Cl)c1)c1cccs1. The van der Waals surface area contributed by atoms with E-state index in [0.29, 0.717) is 17.1 Å². The molecule has 6 heteroatoms. The maximum atomic E-state index is 12.9. The molecule has 1 amide bonds. The summed E-state index contributed by atoms with van der Waals surface area (Å²) in [5, 5.41) is 5.72. The number of halogens is 1. The van der Waals surface area contributed by atoms with Crippen LogP contribution in [0, 0.1) is 5.41 Å². The summed E-state index contributed by atoms with van der Waals surface area (Å²) in [7, 11) is 0. The van der Waals surface area contributed by atoms with Gasteiger partial charge in [-0.05, 0) is 34.6 Å². The van der Waals surface area contributed by atoms with Gasteiger partial charge in [0.1, 0.15) is 0 Å². The molecule has 1 aromatic carbocycles. The Morgan fingerprint density at radius 3 is 2.54 bits per heavy atom. The average Bonchev–Trinajstić information content (AvgIpc) is 3.16. The maximum Gasteiger partial charge on any atom is 0.253 e. The van der Waals surface area contributed by atoms with Crippen molar-refractivity contribution in [3.63, 3.8) is 0 Å². The largest absolute Gasteiger partial charge is 0.344 e. The number of nitrogens with one attached hydrogen (secondary N) is 1. The molecule has 3 aromatic rings. The van der Waals surface area contributed by atoms with E-state index in [9.17, 15) is 9.59 Å². The van der Waals surface area contributed by atoms with Crippen LogP contribution in [0.25, 0.3) is 0 Å². The number of pyridine rings is 1. The summed E-state index contributed by atoms with van der Waals surface area (Å²) < 4.78 is 1.51. The van der Waals surface area contributed by atoms with Crippen molar-refractivity contribution in [2.24, 2.45) is 5.41 Å². The molecule has 1 atom stereocenters. The molecule has 28 heavy (non-hydrogen) atoms. The molecule has 2 aromatic heterocycles. The van der Waals surface area contributed by atoms with Gasteiger partial charge in [-0.15, -0.1) is 11.3 Å². The fraction of sp³-hybridized carbons (Fsp3) is 0.273. The molecule has 0 aliphatic rings. The summed E-state index contributed by atoms with van der Waals surface area (Å²) in [6, 6.07) is 14.2. The fourth-order valence-electron chi connectivity index (χ4n) is 2.98. The van der Waals surface area contributed by atoms with E-state index < -0.39 is 0 Å². The van der Waals surface area contributed by atoms with Crippen molar-refractivity contribution in [3.8, 4) is 0 Å². The lowest BCUT2D eigenvalue weighted by atomic mass is 9.85. The molecule has 2 heterocycles. The third kappa shape index (κ3) is 4.72. The monoisotopic (exact) mass is 414 g/mol. The number of rotatable bonds is 5. The first-order chi connectivity index (χ1) is 13.3. The van der Waals surface area contributed by atoms with Gasteiger partial charge in [0.25, 0.3) is 11.5 Å². The highest BCUT2D eigenvalue weighted by Gasteiger charge is 2.29. The number of carbonyl (C=O) groups is 1. The van der Waals surface area contributed by atoms with E-state index in [1.54, 1.807) is 29.7 Å². The summed E-state index contributed by atoms with van der Waals surface area (Å²) in [6.45, 7) is 6.59. The van der Waals surface area contributed by atoms with Crippen molar-refractivity contribution < 1.29 is 4.79 Å².